The number of carboxylic acids is 1. The van der Waals surface area contributed by atoms with Crippen LogP contribution in [0.4, 0.5) is 5.69 Å². The van der Waals surface area contributed by atoms with E-state index in [2.05, 4.69) is 5.32 Å². The highest BCUT2D eigenvalue weighted by Crippen LogP contribution is 2.32. The Morgan fingerprint density at radius 2 is 1.95 bits per heavy atom. The van der Waals surface area contributed by atoms with Crippen molar-refractivity contribution in [2.24, 2.45) is 0 Å². The molecule has 1 aromatic rings. The van der Waals surface area contributed by atoms with Crippen LogP contribution in [-0.4, -0.2) is 24.2 Å². The van der Waals surface area contributed by atoms with E-state index in [1.165, 1.54) is 38.9 Å². The number of ether oxygens (including phenoxy) is 1. The number of benzene rings is 1. The second-order valence-corrected chi connectivity index (χ2v) is 5.58. The summed E-state index contributed by atoms with van der Waals surface area (Å²) in [5.41, 5.74) is 0.837. The van der Waals surface area contributed by atoms with E-state index in [1.54, 1.807) is 6.07 Å². The second kappa shape index (κ2) is 6.84. The zero-order valence-corrected chi connectivity index (χ0v) is 12.4. The van der Waals surface area contributed by atoms with Crippen LogP contribution in [0.1, 0.15) is 48.9 Å². The molecule has 0 amide bonds. The Morgan fingerprint density at radius 1 is 1.30 bits per heavy atom. The van der Waals surface area contributed by atoms with E-state index in [4.69, 9.17) is 21.4 Å². The first kappa shape index (κ1) is 15.0. The highest BCUT2D eigenvalue weighted by molar-refractivity contribution is 6.33. The minimum Gasteiger partial charge on any atom is -0.496 e. The summed E-state index contributed by atoms with van der Waals surface area (Å²) in [6, 6.07) is 3.52. The van der Waals surface area contributed by atoms with E-state index in [0.717, 1.165) is 18.5 Å². The van der Waals surface area contributed by atoms with Crippen LogP contribution < -0.4 is 10.1 Å². The van der Waals surface area contributed by atoms with Gasteiger partial charge in [-0.3, -0.25) is 0 Å². The molecule has 1 aliphatic carbocycles. The predicted octanol–water partition coefficient (Wildman–Crippen LogP) is 4.18. The highest BCUT2D eigenvalue weighted by atomic mass is 35.5. The normalized spacial score (nSPS) is 16.5. The van der Waals surface area contributed by atoms with Gasteiger partial charge in [0, 0.05) is 12.1 Å². The molecule has 5 heteroatoms. The zero-order valence-electron chi connectivity index (χ0n) is 11.6. The lowest BCUT2D eigenvalue weighted by Gasteiger charge is -2.19. The third-order valence-electron chi connectivity index (χ3n) is 3.73. The Kier molecular flexibility index (Phi) is 5.12. The topological polar surface area (TPSA) is 58.6 Å². The van der Waals surface area contributed by atoms with E-state index in [9.17, 15) is 4.79 Å². The van der Waals surface area contributed by atoms with Gasteiger partial charge in [0.15, 0.2) is 0 Å². The number of carbonyl (C=O) groups is 1. The van der Waals surface area contributed by atoms with Crippen LogP contribution in [0.2, 0.25) is 5.02 Å². The van der Waals surface area contributed by atoms with Crippen molar-refractivity contribution in [1.82, 2.24) is 0 Å². The first-order valence-corrected chi connectivity index (χ1v) is 7.37. The summed E-state index contributed by atoms with van der Waals surface area (Å²) >= 11 is 6.18. The van der Waals surface area contributed by atoms with Crippen molar-refractivity contribution in [3.63, 3.8) is 0 Å². The van der Waals surface area contributed by atoms with Crippen molar-refractivity contribution in [3.8, 4) is 5.75 Å². The van der Waals surface area contributed by atoms with Crippen LogP contribution in [0.25, 0.3) is 0 Å². The van der Waals surface area contributed by atoms with E-state index in [0.29, 0.717) is 16.8 Å². The van der Waals surface area contributed by atoms with Crippen molar-refractivity contribution in [2.45, 2.75) is 44.6 Å². The highest BCUT2D eigenvalue weighted by Gasteiger charge is 2.18. The van der Waals surface area contributed by atoms with Gasteiger partial charge in [-0.2, -0.15) is 0 Å². The minimum atomic E-state index is -1.04. The molecule has 0 spiro atoms. The summed E-state index contributed by atoms with van der Waals surface area (Å²) in [6.07, 6.45) is 7.26. The molecule has 0 aromatic heterocycles. The molecule has 1 fully saturated rings. The van der Waals surface area contributed by atoms with Crippen LogP contribution >= 0.6 is 11.6 Å². The fourth-order valence-corrected chi connectivity index (χ4v) is 2.86. The molecule has 1 saturated carbocycles. The number of hydrogen-bond acceptors (Lipinski definition) is 3. The van der Waals surface area contributed by atoms with E-state index < -0.39 is 5.97 Å². The maximum Gasteiger partial charge on any atom is 0.339 e. The van der Waals surface area contributed by atoms with Crippen LogP contribution in [0.15, 0.2) is 12.1 Å². The van der Waals surface area contributed by atoms with Crippen molar-refractivity contribution < 1.29 is 14.6 Å². The van der Waals surface area contributed by atoms with Crippen molar-refractivity contribution in [2.75, 3.05) is 12.4 Å². The maximum absolute atomic E-state index is 11.1. The Balaban J connectivity index is 2.20. The summed E-state index contributed by atoms with van der Waals surface area (Å²) < 4.78 is 5.14. The molecule has 0 bridgehead atoms. The van der Waals surface area contributed by atoms with E-state index >= 15 is 0 Å². The van der Waals surface area contributed by atoms with Crippen LogP contribution in [-0.2, 0) is 0 Å². The quantitative estimate of drug-likeness (QED) is 0.819. The molecule has 2 N–H and O–H groups in total. The summed E-state index contributed by atoms with van der Waals surface area (Å²) in [4.78, 5) is 11.1. The molecule has 4 nitrogen and oxygen atoms in total. The van der Waals surface area contributed by atoms with Gasteiger partial charge >= 0.3 is 5.97 Å². The van der Waals surface area contributed by atoms with Crippen molar-refractivity contribution in [3.05, 3.63) is 22.7 Å². The zero-order chi connectivity index (χ0) is 14.5. The number of anilines is 1. The monoisotopic (exact) mass is 297 g/mol. The molecule has 0 atom stereocenters. The van der Waals surface area contributed by atoms with Crippen molar-refractivity contribution >= 4 is 23.3 Å². The van der Waals surface area contributed by atoms with E-state index in [1.807, 2.05) is 0 Å². The molecule has 2 rings (SSSR count). The van der Waals surface area contributed by atoms with Gasteiger partial charge in [-0.25, -0.2) is 4.79 Å². The van der Waals surface area contributed by atoms with Gasteiger partial charge < -0.3 is 15.2 Å². The van der Waals surface area contributed by atoms with Crippen LogP contribution in [0.3, 0.4) is 0 Å². The lowest BCUT2D eigenvalue weighted by atomic mass is 10.1. The molecule has 1 aliphatic rings. The summed E-state index contributed by atoms with van der Waals surface area (Å²) in [5.74, 6) is -0.706. The number of aromatic carboxylic acids is 1. The molecule has 0 unspecified atom stereocenters. The summed E-state index contributed by atoms with van der Waals surface area (Å²) in [7, 11) is 1.46. The molecule has 0 aliphatic heterocycles. The van der Waals surface area contributed by atoms with Gasteiger partial charge in [0.25, 0.3) is 0 Å². The molecule has 0 radical (unpaired) electrons. The standard InChI is InChI=1S/C15H20ClNO3/c1-20-14-9-13(12(16)8-11(14)15(18)19)17-10-6-4-2-3-5-7-10/h8-10,17H,2-7H2,1H3,(H,18,19). The lowest BCUT2D eigenvalue weighted by molar-refractivity contribution is 0.0693. The van der Waals surface area contributed by atoms with Gasteiger partial charge in [-0.15, -0.1) is 0 Å². The number of methoxy groups -OCH3 is 1. The largest absolute Gasteiger partial charge is 0.496 e. The van der Waals surface area contributed by atoms with Crippen molar-refractivity contribution in [1.29, 1.82) is 0 Å². The Bertz CT molecular complexity index is 482. The Morgan fingerprint density at radius 3 is 2.50 bits per heavy atom. The number of halogens is 1. The summed E-state index contributed by atoms with van der Waals surface area (Å²) in [5, 5.41) is 13.0. The van der Waals surface area contributed by atoms with Gasteiger partial charge in [-0.05, 0) is 18.9 Å². The van der Waals surface area contributed by atoms with E-state index in [-0.39, 0.29) is 5.56 Å². The average molecular weight is 298 g/mol. The Labute approximate surface area is 124 Å². The molecule has 20 heavy (non-hydrogen) atoms. The first-order valence-electron chi connectivity index (χ1n) is 6.99. The SMILES string of the molecule is COc1cc(NC2CCCCCC2)c(Cl)cc1C(=O)O. The predicted molar refractivity (Wildman–Crippen MR) is 80.1 cm³/mol. The van der Waals surface area contributed by atoms with Crippen LogP contribution in [0, 0.1) is 0 Å². The lowest BCUT2D eigenvalue weighted by Crippen LogP contribution is -2.18. The van der Waals surface area contributed by atoms with Gasteiger partial charge in [0.05, 0.1) is 17.8 Å². The number of carboxylic acid groups (broad SMARTS) is 1. The molecule has 110 valence electrons. The smallest absolute Gasteiger partial charge is 0.339 e. The fourth-order valence-electron chi connectivity index (χ4n) is 2.64. The number of rotatable bonds is 4. The number of hydrogen-bond donors (Lipinski definition) is 2. The van der Waals surface area contributed by atoms with Gasteiger partial charge in [0.2, 0.25) is 0 Å². The van der Waals surface area contributed by atoms with Gasteiger partial charge in [0.1, 0.15) is 11.3 Å². The second-order valence-electron chi connectivity index (χ2n) is 5.17. The maximum atomic E-state index is 11.1. The fraction of sp³-hybridized carbons (Fsp3) is 0.533. The molecular formula is C15H20ClNO3. The minimum absolute atomic E-state index is 0.0870. The molecule has 0 saturated heterocycles. The molecular weight excluding hydrogens is 278 g/mol. The average Bonchev–Trinajstić information content (AvgIpc) is 2.69. The van der Waals surface area contributed by atoms with Gasteiger partial charge in [-0.1, -0.05) is 37.3 Å². The Hall–Kier alpha value is -1.42. The van der Waals surface area contributed by atoms with Crippen LogP contribution in [0.5, 0.6) is 5.75 Å². The molecule has 0 heterocycles. The third-order valence-corrected chi connectivity index (χ3v) is 4.05. The number of nitrogens with one attached hydrogen (secondary N) is 1. The first-order chi connectivity index (χ1) is 9.61. The third kappa shape index (κ3) is 3.57. The molecule has 1 aromatic carbocycles. The summed E-state index contributed by atoms with van der Waals surface area (Å²) in [6.45, 7) is 0.